The minimum absolute atomic E-state index is 0.121. The monoisotopic (exact) mass is 275 g/mol. The zero-order chi connectivity index (χ0) is 14.5. The van der Waals surface area contributed by atoms with Gasteiger partial charge in [-0.25, -0.2) is 4.98 Å². The van der Waals surface area contributed by atoms with Crippen molar-refractivity contribution in [2.24, 2.45) is 0 Å². The first-order valence-electron chi connectivity index (χ1n) is 6.48. The summed E-state index contributed by atoms with van der Waals surface area (Å²) < 4.78 is 6.53. The Balaban J connectivity index is 2.05. The second-order valence-corrected chi connectivity index (χ2v) is 4.34. The summed E-state index contributed by atoms with van der Waals surface area (Å²) in [4.78, 5) is 27.5. The number of aromatic nitrogens is 2. The number of imidazole rings is 1. The molecule has 0 spiro atoms. The first-order valence-corrected chi connectivity index (χ1v) is 6.48. The molecule has 20 heavy (non-hydrogen) atoms. The maximum Gasteiger partial charge on any atom is 0.325 e. The van der Waals surface area contributed by atoms with Crippen LogP contribution in [-0.2, 0) is 14.3 Å². The SMILES string of the molecule is CCOC(=O)CNC(=O)C(C)n1cnc2ccccc21. The largest absolute Gasteiger partial charge is 0.465 e. The Morgan fingerprint density at radius 2 is 2.15 bits per heavy atom. The molecule has 2 aromatic rings. The van der Waals surface area contributed by atoms with Crippen LogP contribution in [-0.4, -0.2) is 34.6 Å². The fourth-order valence-electron chi connectivity index (χ4n) is 1.93. The lowest BCUT2D eigenvalue weighted by Crippen LogP contribution is -2.35. The van der Waals surface area contributed by atoms with Crippen LogP contribution < -0.4 is 5.32 Å². The van der Waals surface area contributed by atoms with Crippen molar-refractivity contribution in [3.05, 3.63) is 30.6 Å². The number of hydrogen-bond acceptors (Lipinski definition) is 4. The number of ether oxygens (including phenoxy) is 1. The van der Waals surface area contributed by atoms with E-state index >= 15 is 0 Å². The molecule has 0 aliphatic heterocycles. The number of amides is 1. The van der Waals surface area contributed by atoms with E-state index in [1.54, 1.807) is 24.7 Å². The van der Waals surface area contributed by atoms with Crippen LogP contribution in [0.3, 0.4) is 0 Å². The average molecular weight is 275 g/mol. The third-order valence-electron chi connectivity index (χ3n) is 2.99. The summed E-state index contributed by atoms with van der Waals surface area (Å²) in [6, 6.07) is 7.12. The van der Waals surface area contributed by atoms with E-state index in [9.17, 15) is 9.59 Å². The average Bonchev–Trinajstić information content (AvgIpc) is 2.88. The Bertz CT molecular complexity index is 621. The van der Waals surface area contributed by atoms with Crippen LogP contribution in [0.15, 0.2) is 30.6 Å². The van der Waals surface area contributed by atoms with Crippen molar-refractivity contribution in [1.29, 1.82) is 0 Å². The second kappa shape index (κ2) is 6.18. The molecule has 0 fully saturated rings. The summed E-state index contributed by atoms with van der Waals surface area (Å²) in [5, 5.41) is 2.56. The zero-order valence-corrected chi connectivity index (χ0v) is 11.5. The van der Waals surface area contributed by atoms with Gasteiger partial charge in [0.2, 0.25) is 5.91 Å². The van der Waals surface area contributed by atoms with Gasteiger partial charge in [0.1, 0.15) is 12.6 Å². The molecule has 106 valence electrons. The minimum Gasteiger partial charge on any atom is -0.465 e. The van der Waals surface area contributed by atoms with Crippen molar-refractivity contribution in [2.75, 3.05) is 13.2 Å². The van der Waals surface area contributed by atoms with E-state index in [4.69, 9.17) is 4.74 Å². The molecule has 1 heterocycles. The van der Waals surface area contributed by atoms with Crippen molar-refractivity contribution in [1.82, 2.24) is 14.9 Å². The van der Waals surface area contributed by atoms with Gasteiger partial charge in [0.05, 0.1) is 24.0 Å². The molecule has 6 heteroatoms. The molecule has 2 rings (SSSR count). The van der Waals surface area contributed by atoms with Gasteiger partial charge in [-0.05, 0) is 26.0 Å². The lowest BCUT2D eigenvalue weighted by Gasteiger charge is -2.14. The van der Waals surface area contributed by atoms with Gasteiger partial charge in [-0.3, -0.25) is 9.59 Å². The Labute approximate surface area is 116 Å². The Hall–Kier alpha value is -2.37. The number of rotatable bonds is 5. The molecule has 1 atom stereocenters. The molecule has 0 saturated carbocycles. The molecule has 1 N–H and O–H groups in total. The van der Waals surface area contributed by atoms with E-state index in [0.717, 1.165) is 11.0 Å². The van der Waals surface area contributed by atoms with Crippen molar-refractivity contribution in [3.8, 4) is 0 Å². The Kier molecular flexibility index (Phi) is 4.34. The normalized spacial score (nSPS) is 12.1. The summed E-state index contributed by atoms with van der Waals surface area (Å²) in [6.45, 7) is 3.66. The van der Waals surface area contributed by atoms with E-state index in [2.05, 4.69) is 10.3 Å². The zero-order valence-electron chi connectivity index (χ0n) is 11.5. The van der Waals surface area contributed by atoms with Crippen LogP contribution in [0.2, 0.25) is 0 Å². The molecule has 0 saturated heterocycles. The second-order valence-electron chi connectivity index (χ2n) is 4.34. The molecule has 1 aromatic carbocycles. The first kappa shape index (κ1) is 14.0. The highest BCUT2D eigenvalue weighted by atomic mass is 16.5. The number of carbonyl (C=O) groups is 2. The fourth-order valence-corrected chi connectivity index (χ4v) is 1.93. The number of esters is 1. The van der Waals surface area contributed by atoms with Gasteiger partial charge < -0.3 is 14.6 Å². The van der Waals surface area contributed by atoms with Crippen molar-refractivity contribution >= 4 is 22.9 Å². The molecular weight excluding hydrogens is 258 g/mol. The minimum atomic E-state index is -0.447. The maximum absolute atomic E-state index is 12.0. The van der Waals surface area contributed by atoms with E-state index < -0.39 is 12.0 Å². The topological polar surface area (TPSA) is 73.2 Å². The van der Waals surface area contributed by atoms with Crippen LogP contribution in [0.25, 0.3) is 11.0 Å². The number of carbonyl (C=O) groups excluding carboxylic acids is 2. The summed E-state index contributed by atoms with van der Waals surface area (Å²) >= 11 is 0. The van der Waals surface area contributed by atoms with Crippen molar-refractivity contribution in [2.45, 2.75) is 19.9 Å². The lowest BCUT2D eigenvalue weighted by atomic mass is 10.2. The lowest BCUT2D eigenvalue weighted by molar-refractivity contribution is -0.143. The molecule has 6 nitrogen and oxygen atoms in total. The Morgan fingerprint density at radius 3 is 2.90 bits per heavy atom. The molecule has 0 aliphatic carbocycles. The third-order valence-corrected chi connectivity index (χ3v) is 2.99. The van der Waals surface area contributed by atoms with Gasteiger partial charge >= 0.3 is 5.97 Å². The maximum atomic E-state index is 12.0. The summed E-state index contributed by atoms with van der Waals surface area (Å²) in [7, 11) is 0. The molecule has 0 aliphatic rings. The van der Waals surface area contributed by atoms with Crippen molar-refractivity contribution in [3.63, 3.8) is 0 Å². The van der Waals surface area contributed by atoms with Crippen LogP contribution >= 0.6 is 0 Å². The van der Waals surface area contributed by atoms with E-state index in [0.29, 0.717) is 6.61 Å². The fraction of sp³-hybridized carbons (Fsp3) is 0.357. The number of benzene rings is 1. The van der Waals surface area contributed by atoms with E-state index in [-0.39, 0.29) is 12.5 Å². The highest BCUT2D eigenvalue weighted by molar-refractivity contribution is 5.86. The number of hydrogen-bond donors (Lipinski definition) is 1. The molecule has 0 radical (unpaired) electrons. The van der Waals surface area contributed by atoms with E-state index in [1.165, 1.54) is 0 Å². The van der Waals surface area contributed by atoms with Gasteiger partial charge in [0.25, 0.3) is 0 Å². The number of para-hydroxylation sites is 2. The molecule has 1 aromatic heterocycles. The predicted octanol–water partition coefficient (Wildman–Crippen LogP) is 1.28. The summed E-state index contributed by atoms with van der Waals surface area (Å²) in [5.74, 6) is -0.690. The molecule has 1 unspecified atom stereocenters. The highest BCUT2D eigenvalue weighted by Crippen LogP contribution is 2.17. The Morgan fingerprint density at radius 1 is 1.40 bits per heavy atom. The number of nitrogens with zero attached hydrogens (tertiary/aromatic N) is 2. The summed E-state index contributed by atoms with van der Waals surface area (Å²) in [5.41, 5.74) is 1.71. The van der Waals surface area contributed by atoms with Gasteiger partial charge in [-0.15, -0.1) is 0 Å². The number of fused-ring (bicyclic) bond motifs is 1. The van der Waals surface area contributed by atoms with Gasteiger partial charge in [-0.2, -0.15) is 0 Å². The highest BCUT2D eigenvalue weighted by Gasteiger charge is 2.17. The standard InChI is InChI=1S/C14H17N3O3/c1-3-20-13(18)8-15-14(19)10(2)17-9-16-11-6-4-5-7-12(11)17/h4-7,9-10H,3,8H2,1-2H3,(H,15,19). The van der Waals surface area contributed by atoms with Crippen molar-refractivity contribution < 1.29 is 14.3 Å². The summed E-state index contributed by atoms with van der Waals surface area (Å²) in [6.07, 6.45) is 1.62. The van der Waals surface area contributed by atoms with Crippen LogP contribution in [0, 0.1) is 0 Å². The number of nitrogens with one attached hydrogen (secondary N) is 1. The molecule has 1 amide bonds. The quantitative estimate of drug-likeness (QED) is 0.834. The van der Waals surface area contributed by atoms with E-state index in [1.807, 2.05) is 24.3 Å². The third kappa shape index (κ3) is 2.96. The predicted molar refractivity (Wildman–Crippen MR) is 74.1 cm³/mol. The van der Waals surface area contributed by atoms with Gasteiger partial charge in [-0.1, -0.05) is 12.1 Å². The van der Waals surface area contributed by atoms with Crippen LogP contribution in [0.5, 0.6) is 0 Å². The molecular formula is C14H17N3O3. The van der Waals surface area contributed by atoms with Gasteiger partial charge in [0, 0.05) is 0 Å². The smallest absolute Gasteiger partial charge is 0.325 e. The first-order chi connectivity index (χ1) is 9.63. The van der Waals surface area contributed by atoms with Crippen LogP contribution in [0.1, 0.15) is 19.9 Å². The van der Waals surface area contributed by atoms with Crippen LogP contribution in [0.4, 0.5) is 0 Å². The molecule has 0 bridgehead atoms. The van der Waals surface area contributed by atoms with Gasteiger partial charge in [0.15, 0.2) is 0 Å².